The van der Waals surface area contributed by atoms with E-state index in [-0.39, 0.29) is 26.2 Å². The molecule has 4 aromatic rings. The molecule has 6 heteroatoms. The first-order valence-corrected chi connectivity index (χ1v) is 9.89. The van der Waals surface area contributed by atoms with Crippen LogP contribution < -0.4 is 0 Å². The Labute approximate surface area is 204 Å². The standard InChI is InChI=1S/C20H14N4.C6H5O.Zr/c1-2-14-10-16-5-6-18(23-16)12-20-8-7-19(24-20)11-17-4-3-15(22-17)9-13(1)21-14;7-6-4-2-1-3-5-6;/h1-12,21-22H;2-5,7H;/q;-1;. The van der Waals surface area contributed by atoms with E-state index in [0.29, 0.717) is 5.75 Å². The Hall–Kier alpha value is -3.50. The van der Waals surface area contributed by atoms with Gasteiger partial charge in [0.05, 0.1) is 22.8 Å². The maximum absolute atomic E-state index is 8.61. The van der Waals surface area contributed by atoms with E-state index in [1.807, 2.05) is 42.5 Å². The van der Waals surface area contributed by atoms with E-state index in [4.69, 9.17) is 5.11 Å². The van der Waals surface area contributed by atoms with Crippen LogP contribution in [0, 0.1) is 6.07 Å². The molecule has 32 heavy (non-hydrogen) atoms. The van der Waals surface area contributed by atoms with Crippen LogP contribution in [-0.2, 0) is 26.2 Å². The quantitative estimate of drug-likeness (QED) is 0.232. The van der Waals surface area contributed by atoms with Crippen molar-refractivity contribution in [2.75, 3.05) is 0 Å². The van der Waals surface area contributed by atoms with E-state index in [9.17, 15) is 0 Å². The minimum atomic E-state index is 0. The normalized spacial score (nSPS) is 11.4. The van der Waals surface area contributed by atoms with Crippen LogP contribution in [0.1, 0.15) is 22.8 Å². The summed E-state index contributed by atoms with van der Waals surface area (Å²) in [6.45, 7) is 0. The fourth-order valence-electron chi connectivity index (χ4n) is 3.32. The van der Waals surface area contributed by atoms with Gasteiger partial charge in [0.15, 0.2) is 0 Å². The predicted octanol–water partition coefficient (Wildman–Crippen LogP) is 5.85. The summed E-state index contributed by atoms with van der Waals surface area (Å²) in [6.07, 6.45) is 8.05. The van der Waals surface area contributed by atoms with Crippen LogP contribution in [0.4, 0.5) is 0 Å². The molecule has 0 saturated carbocycles. The first-order valence-electron chi connectivity index (χ1n) is 9.89. The Bertz CT molecular complexity index is 1360. The molecular weight excluding hydrogens is 476 g/mol. The van der Waals surface area contributed by atoms with Crippen molar-refractivity contribution in [1.82, 2.24) is 19.9 Å². The number of nitrogens with one attached hydrogen (secondary N) is 2. The summed E-state index contributed by atoms with van der Waals surface area (Å²) < 4.78 is 0. The molecule has 2 aliphatic heterocycles. The number of nitrogens with zero attached hydrogens (tertiary/aromatic N) is 2. The van der Waals surface area contributed by atoms with Gasteiger partial charge in [-0.25, -0.2) is 9.97 Å². The van der Waals surface area contributed by atoms with Crippen molar-refractivity contribution >= 4 is 46.4 Å². The summed E-state index contributed by atoms with van der Waals surface area (Å²) in [5.41, 5.74) is 7.86. The van der Waals surface area contributed by atoms with Crippen LogP contribution in [0.3, 0.4) is 0 Å². The number of hydrogen-bond acceptors (Lipinski definition) is 3. The van der Waals surface area contributed by atoms with E-state index in [1.165, 1.54) is 0 Å². The summed E-state index contributed by atoms with van der Waals surface area (Å²) in [6, 6.07) is 25.7. The van der Waals surface area contributed by atoms with E-state index in [2.05, 4.69) is 56.3 Å². The zero-order valence-corrected chi connectivity index (χ0v) is 19.5. The first-order chi connectivity index (χ1) is 15.2. The minimum Gasteiger partial charge on any atom is -0.533 e. The van der Waals surface area contributed by atoms with E-state index in [0.717, 1.165) is 44.8 Å². The number of hydrogen-bond donors (Lipinski definition) is 3. The Morgan fingerprint density at radius 1 is 0.562 bits per heavy atom. The average molecular weight is 495 g/mol. The van der Waals surface area contributed by atoms with Gasteiger partial charge in [-0.2, -0.15) is 18.2 Å². The van der Waals surface area contributed by atoms with E-state index < -0.39 is 0 Å². The number of aromatic nitrogens is 4. The zero-order chi connectivity index (χ0) is 21.0. The van der Waals surface area contributed by atoms with Gasteiger partial charge in [0.25, 0.3) is 0 Å². The summed E-state index contributed by atoms with van der Waals surface area (Å²) in [7, 11) is 0. The van der Waals surface area contributed by atoms with Crippen molar-refractivity contribution in [3.8, 4) is 5.75 Å². The maximum atomic E-state index is 8.61. The Balaban J connectivity index is 0.000000265. The third kappa shape index (κ3) is 5.40. The van der Waals surface area contributed by atoms with Gasteiger partial charge < -0.3 is 15.1 Å². The maximum Gasteiger partial charge on any atom is 0.0659 e. The number of benzene rings is 1. The second-order valence-electron chi connectivity index (χ2n) is 7.16. The second-order valence-corrected chi connectivity index (χ2v) is 7.16. The number of fused-ring (bicyclic) bond motifs is 8. The molecule has 5 nitrogen and oxygen atoms in total. The van der Waals surface area contributed by atoms with Gasteiger partial charge in [-0.15, -0.1) is 12.1 Å². The number of phenols is 1. The molecular formula is C26H19N4OZr-. The monoisotopic (exact) mass is 493 g/mol. The Morgan fingerprint density at radius 3 is 1.38 bits per heavy atom. The van der Waals surface area contributed by atoms with Gasteiger partial charge in [-0.05, 0) is 72.8 Å². The smallest absolute Gasteiger partial charge is 0.0659 e. The number of rotatable bonds is 0. The molecule has 0 atom stereocenters. The number of H-pyrrole nitrogens is 2. The van der Waals surface area contributed by atoms with Crippen molar-refractivity contribution in [3.05, 3.63) is 102 Å². The van der Waals surface area contributed by atoms with Gasteiger partial charge in [-0.1, -0.05) is 0 Å². The molecule has 8 bridgehead atoms. The molecule has 3 aromatic heterocycles. The fraction of sp³-hybridized carbons (Fsp3) is 0. The van der Waals surface area contributed by atoms with Crippen LogP contribution in [0.15, 0.2) is 72.8 Å². The van der Waals surface area contributed by atoms with Gasteiger partial charge in [0, 0.05) is 54.0 Å². The molecule has 1 aromatic carbocycles. The Morgan fingerprint density at radius 2 is 0.969 bits per heavy atom. The molecule has 154 valence electrons. The molecule has 2 aliphatic rings. The minimum absolute atomic E-state index is 0. The molecule has 0 unspecified atom stereocenters. The summed E-state index contributed by atoms with van der Waals surface area (Å²) >= 11 is 0. The van der Waals surface area contributed by atoms with Crippen molar-refractivity contribution in [2.45, 2.75) is 0 Å². The molecule has 0 fully saturated rings. The fourth-order valence-corrected chi connectivity index (χ4v) is 3.32. The van der Waals surface area contributed by atoms with E-state index in [1.54, 1.807) is 24.3 Å². The number of phenolic OH excluding ortho intramolecular Hbond substituents is 1. The third-order valence-electron chi connectivity index (χ3n) is 4.74. The SMILES string of the molecule is C1=Cc2cc3ccc(cc4ccc(cc5nc(cc1n2)C=C5)[nH]4)[nH]3.Oc1cc[c-]cc1.[Zr]. The van der Waals surface area contributed by atoms with E-state index >= 15 is 0 Å². The van der Waals surface area contributed by atoms with Crippen LogP contribution in [0.2, 0.25) is 0 Å². The van der Waals surface area contributed by atoms with Crippen molar-refractivity contribution in [1.29, 1.82) is 0 Å². The van der Waals surface area contributed by atoms with Crippen LogP contribution in [-0.4, -0.2) is 25.0 Å². The van der Waals surface area contributed by atoms with Gasteiger partial charge in [-0.3, -0.25) is 0 Å². The molecule has 0 spiro atoms. The molecule has 0 amide bonds. The van der Waals surface area contributed by atoms with Crippen LogP contribution in [0.5, 0.6) is 5.75 Å². The zero-order valence-electron chi connectivity index (χ0n) is 17.1. The second kappa shape index (κ2) is 9.75. The van der Waals surface area contributed by atoms with Gasteiger partial charge in [0.1, 0.15) is 0 Å². The van der Waals surface area contributed by atoms with Crippen LogP contribution >= 0.6 is 0 Å². The molecule has 6 rings (SSSR count). The number of aromatic hydroxyl groups is 1. The Kier molecular flexibility index (Phi) is 6.62. The van der Waals surface area contributed by atoms with Gasteiger partial charge in [0.2, 0.25) is 0 Å². The number of aromatic amines is 2. The average Bonchev–Trinajstić information content (AvgIpc) is 3.55. The third-order valence-corrected chi connectivity index (χ3v) is 4.74. The van der Waals surface area contributed by atoms with Crippen LogP contribution in [0.25, 0.3) is 46.4 Å². The van der Waals surface area contributed by atoms with Crippen molar-refractivity contribution in [3.63, 3.8) is 0 Å². The topological polar surface area (TPSA) is 77.6 Å². The summed E-state index contributed by atoms with van der Waals surface area (Å²) in [5, 5.41) is 8.61. The molecule has 5 heterocycles. The first kappa shape index (κ1) is 21.7. The molecule has 0 saturated heterocycles. The van der Waals surface area contributed by atoms with Crippen molar-refractivity contribution in [2.24, 2.45) is 0 Å². The van der Waals surface area contributed by atoms with Gasteiger partial charge >= 0.3 is 0 Å². The summed E-state index contributed by atoms with van der Waals surface area (Å²) in [5.74, 6) is 0.291. The molecule has 0 radical (unpaired) electrons. The summed E-state index contributed by atoms with van der Waals surface area (Å²) in [4.78, 5) is 16.0. The molecule has 0 aliphatic carbocycles. The largest absolute Gasteiger partial charge is 0.533 e. The predicted molar refractivity (Wildman–Crippen MR) is 126 cm³/mol. The van der Waals surface area contributed by atoms with Crippen molar-refractivity contribution < 1.29 is 31.3 Å². The molecule has 3 N–H and O–H groups in total.